The highest BCUT2D eigenvalue weighted by molar-refractivity contribution is 14.1. The summed E-state index contributed by atoms with van der Waals surface area (Å²) in [5.74, 6) is -0.621. The summed E-state index contributed by atoms with van der Waals surface area (Å²) in [6.45, 7) is 0. The Bertz CT molecular complexity index is 603. The fourth-order valence-corrected chi connectivity index (χ4v) is 2.04. The number of hydrogen-bond donors (Lipinski definition) is 0. The van der Waals surface area contributed by atoms with E-state index in [1.54, 1.807) is 12.1 Å². The second kappa shape index (κ2) is 5.32. The Kier molecular flexibility index (Phi) is 3.93. The summed E-state index contributed by atoms with van der Waals surface area (Å²) in [5.41, 5.74) is -0.980. The minimum Gasteiger partial charge on any atom is -0.289 e. The summed E-state index contributed by atoms with van der Waals surface area (Å²) >= 11 is 2.06. The van der Waals surface area contributed by atoms with E-state index < -0.39 is 17.5 Å². The molecular formula is C14H8F3IO. The average molecular weight is 376 g/mol. The second-order valence-electron chi connectivity index (χ2n) is 3.88. The van der Waals surface area contributed by atoms with Crippen molar-refractivity contribution in [1.29, 1.82) is 0 Å². The predicted octanol–water partition coefficient (Wildman–Crippen LogP) is 4.54. The molecule has 2 aromatic carbocycles. The van der Waals surface area contributed by atoms with E-state index >= 15 is 0 Å². The van der Waals surface area contributed by atoms with Crippen LogP contribution in [0.2, 0.25) is 0 Å². The Hall–Kier alpha value is -1.37. The molecule has 0 radical (unpaired) electrons. The van der Waals surface area contributed by atoms with Crippen molar-refractivity contribution >= 4 is 28.4 Å². The maximum Gasteiger partial charge on any atom is 0.417 e. The molecular weight excluding hydrogens is 368 g/mol. The van der Waals surface area contributed by atoms with Crippen LogP contribution in [0.25, 0.3) is 0 Å². The quantitative estimate of drug-likeness (QED) is 0.556. The van der Waals surface area contributed by atoms with Crippen molar-refractivity contribution in [3.05, 3.63) is 68.8 Å². The van der Waals surface area contributed by atoms with Crippen LogP contribution < -0.4 is 0 Å². The van der Waals surface area contributed by atoms with E-state index in [1.807, 2.05) is 0 Å². The first-order valence-electron chi connectivity index (χ1n) is 5.36. The van der Waals surface area contributed by atoms with Crippen molar-refractivity contribution in [1.82, 2.24) is 0 Å². The molecule has 1 nitrogen and oxygen atoms in total. The molecule has 0 heterocycles. The van der Waals surface area contributed by atoms with Gasteiger partial charge in [-0.15, -0.1) is 0 Å². The Morgan fingerprint density at radius 1 is 0.947 bits per heavy atom. The molecule has 0 aliphatic carbocycles. The normalized spacial score (nSPS) is 11.4. The molecule has 0 unspecified atom stereocenters. The van der Waals surface area contributed by atoms with Gasteiger partial charge in [-0.05, 0) is 52.9 Å². The molecule has 5 heteroatoms. The molecule has 98 valence electrons. The standard InChI is InChI=1S/C14H8F3IO/c15-14(16,17)12-4-2-1-3-11(12)13(19)9-5-7-10(18)8-6-9/h1-8H. The second-order valence-corrected chi connectivity index (χ2v) is 5.12. The van der Waals surface area contributed by atoms with Crippen LogP contribution in [0.4, 0.5) is 13.2 Å². The summed E-state index contributed by atoms with van der Waals surface area (Å²) < 4.78 is 39.4. The lowest BCUT2D eigenvalue weighted by Gasteiger charge is -2.11. The van der Waals surface area contributed by atoms with Crippen LogP contribution in [0.5, 0.6) is 0 Å². The number of hydrogen-bond acceptors (Lipinski definition) is 1. The zero-order chi connectivity index (χ0) is 14.0. The molecule has 0 spiro atoms. The molecule has 0 aliphatic heterocycles. The highest BCUT2D eigenvalue weighted by atomic mass is 127. The van der Waals surface area contributed by atoms with Crippen LogP contribution in [0.15, 0.2) is 48.5 Å². The fourth-order valence-electron chi connectivity index (χ4n) is 1.69. The smallest absolute Gasteiger partial charge is 0.289 e. The average Bonchev–Trinajstić information content (AvgIpc) is 2.38. The van der Waals surface area contributed by atoms with Crippen molar-refractivity contribution < 1.29 is 18.0 Å². The van der Waals surface area contributed by atoms with Gasteiger partial charge in [-0.1, -0.05) is 18.2 Å². The van der Waals surface area contributed by atoms with Gasteiger partial charge < -0.3 is 0 Å². The predicted molar refractivity (Wildman–Crippen MR) is 74.0 cm³/mol. The molecule has 0 N–H and O–H groups in total. The summed E-state index contributed by atoms with van der Waals surface area (Å²) in [5, 5.41) is 0. The molecule has 0 saturated carbocycles. The van der Waals surface area contributed by atoms with E-state index in [4.69, 9.17) is 0 Å². The Morgan fingerprint density at radius 2 is 1.53 bits per heavy atom. The van der Waals surface area contributed by atoms with E-state index in [9.17, 15) is 18.0 Å². The number of benzene rings is 2. The van der Waals surface area contributed by atoms with E-state index in [2.05, 4.69) is 22.6 Å². The topological polar surface area (TPSA) is 17.1 Å². The molecule has 0 fully saturated rings. The first kappa shape index (κ1) is 14.0. The number of carbonyl (C=O) groups excluding carboxylic acids is 1. The third-order valence-corrected chi connectivity index (χ3v) is 3.30. The lowest BCUT2D eigenvalue weighted by molar-refractivity contribution is -0.137. The van der Waals surface area contributed by atoms with Gasteiger partial charge in [-0.2, -0.15) is 13.2 Å². The van der Waals surface area contributed by atoms with E-state index in [0.717, 1.165) is 9.64 Å². The SMILES string of the molecule is O=C(c1ccc(I)cc1)c1ccccc1C(F)(F)F. The van der Waals surface area contributed by atoms with Crippen molar-refractivity contribution in [3.63, 3.8) is 0 Å². The largest absolute Gasteiger partial charge is 0.417 e. The molecule has 0 amide bonds. The minimum absolute atomic E-state index is 0.247. The zero-order valence-corrected chi connectivity index (χ0v) is 11.7. The van der Waals surface area contributed by atoms with Gasteiger partial charge in [-0.25, -0.2) is 0 Å². The third-order valence-electron chi connectivity index (χ3n) is 2.58. The lowest BCUT2D eigenvalue weighted by Crippen LogP contribution is -2.13. The van der Waals surface area contributed by atoms with Crippen LogP contribution in [-0.4, -0.2) is 5.78 Å². The first-order chi connectivity index (χ1) is 8.89. The van der Waals surface area contributed by atoms with Crippen molar-refractivity contribution in [2.45, 2.75) is 6.18 Å². The molecule has 0 aliphatic rings. The summed E-state index contributed by atoms with van der Waals surface area (Å²) in [7, 11) is 0. The van der Waals surface area contributed by atoms with Gasteiger partial charge in [0.15, 0.2) is 5.78 Å². The molecule has 19 heavy (non-hydrogen) atoms. The molecule has 0 bridgehead atoms. The monoisotopic (exact) mass is 376 g/mol. The molecule has 2 rings (SSSR count). The summed E-state index contributed by atoms with van der Waals surface area (Å²) in [6, 6.07) is 11.2. The van der Waals surface area contributed by atoms with E-state index in [0.29, 0.717) is 0 Å². The van der Waals surface area contributed by atoms with Gasteiger partial charge in [0.1, 0.15) is 0 Å². The van der Waals surface area contributed by atoms with Crippen LogP contribution >= 0.6 is 22.6 Å². The highest BCUT2D eigenvalue weighted by Gasteiger charge is 2.34. The van der Waals surface area contributed by atoms with Gasteiger partial charge in [-0.3, -0.25) is 4.79 Å². The van der Waals surface area contributed by atoms with Gasteiger partial charge >= 0.3 is 6.18 Å². The zero-order valence-electron chi connectivity index (χ0n) is 9.54. The maximum absolute atomic E-state index is 12.8. The van der Waals surface area contributed by atoms with Crippen molar-refractivity contribution in [3.8, 4) is 0 Å². The Balaban J connectivity index is 2.48. The summed E-state index contributed by atoms with van der Waals surface area (Å²) in [6.07, 6.45) is -4.53. The van der Waals surface area contributed by atoms with Gasteiger partial charge in [0.2, 0.25) is 0 Å². The number of rotatable bonds is 2. The first-order valence-corrected chi connectivity index (χ1v) is 6.44. The number of ketones is 1. The molecule has 0 aromatic heterocycles. The van der Waals surface area contributed by atoms with Gasteiger partial charge in [0.25, 0.3) is 0 Å². The number of halogens is 4. The number of carbonyl (C=O) groups is 1. The molecule has 0 saturated heterocycles. The lowest BCUT2D eigenvalue weighted by atomic mass is 9.98. The minimum atomic E-state index is -4.53. The van der Waals surface area contributed by atoms with E-state index in [-0.39, 0.29) is 11.1 Å². The van der Waals surface area contributed by atoms with Crippen molar-refractivity contribution in [2.24, 2.45) is 0 Å². The van der Waals surface area contributed by atoms with Crippen LogP contribution in [0.3, 0.4) is 0 Å². The molecule has 2 aromatic rings. The Morgan fingerprint density at radius 3 is 2.11 bits per heavy atom. The molecule has 0 atom stereocenters. The van der Waals surface area contributed by atoms with Gasteiger partial charge in [0, 0.05) is 14.7 Å². The van der Waals surface area contributed by atoms with Gasteiger partial charge in [0.05, 0.1) is 5.56 Å². The maximum atomic E-state index is 12.8. The van der Waals surface area contributed by atoms with Crippen LogP contribution in [-0.2, 0) is 6.18 Å². The highest BCUT2D eigenvalue weighted by Crippen LogP contribution is 2.32. The third kappa shape index (κ3) is 3.15. The van der Waals surface area contributed by atoms with E-state index in [1.165, 1.54) is 30.3 Å². The van der Waals surface area contributed by atoms with Crippen molar-refractivity contribution in [2.75, 3.05) is 0 Å². The number of alkyl halides is 3. The fraction of sp³-hybridized carbons (Fsp3) is 0.0714. The van der Waals surface area contributed by atoms with Crippen LogP contribution in [0, 0.1) is 3.57 Å². The summed E-state index contributed by atoms with van der Waals surface area (Å²) in [4.78, 5) is 12.1. The Labute approximate surface area is 121 Å². The van der Waals surface area contributed by atoms with Crippen LogP contribution in [0.1, 0.15) is 21.5 Å².